The third-order valence-corrected chi connectivity index (χ3v) is 4.75. The highest BCUT2D eigenvalue weighted by molar-refractivity contribution is 7.08. The van der Waals surface area contributed by atoms with E-state index in [-0.39, 0.29) is 17.2 Å². The average molecular weight is 233 g/mol. The molecule has 0 amide bonds. The van der Waals surface area contributed by atoms with Gasteiger partial charge in [-0.3, -0.25) is 4.79 Å². The molecule has 84 valence electrons. The van der Waals surface area contributed by atoms with Crippen LogP contribution < -0.4 is 5.32 Å². The highest BCUT2D eigenvalue weighted by Gasteiger charge is 2.43. The summed E-state index contributed by atoms with van der Waals surface area (Å²) in [5.41, 5.74) is 2.90. The number of ketones is 1. The molecule has 1 aromatic rings. The molecule has 2 aliphatic rings. The van der Waals surface area contributed by atoms with E-state index in [1.165, 1.54) is 11.1 Å². The number of fused-ring (bicyclic) bond motifs is 3. The summed E-state index contributed by atoms with van der Waals surface area (Å²) in [6, 6.07) is 0.289. The lowest BCUT2D eigenvalue weighted by molar-refractivity contribution is -0.116. The molecule has 0 bridgehead atoms. The first-order valence-electron chi connectivity index (χ1n) is 5.77. The van der Waals surface area contributed by atoms with Crippen LogP contribution in [0.5, 0.6) is 0 Å². The third kappa shape index (κ3) is 1.25. The van der Waals surface area contributed by atoms with Gasteiger partial charge in [0.15, 0.2) is 5.78 Å². The molecule has 0 spiro atoms. The van der Waals surface area contributed by atoms with Crippen molar-refractivity contribution in [1.29, 1.82) is 0 Å². The molecule has 1 aromatic heterocycles. The van der Waals surface area contributed by atoms with Gasteiger partial charge in [-0.1, -0.05) is 13.0 Å². The summed E-state index contributed by atoms with van der Waals surface area (Å²) in [6.07, 6.45) is 5.59. The highest BCUT2D eigenvalue weighted by atomic mass is 32.1. The monoisotopic (exact) mass is 233 g/mol. The molecular weight excluding hydrogens is 218 g/mol. The van der Waals surface area contributed by atoms with Crippen LogP contribution >= 0.6 is 11.3 Å². The number of hydrogen-bond donors (Lipinski definition) is 1. The van der Waals surface area contributed by atoms with Gasteiger partial charge in [0.2, 0.25) is 0 Å². The molecule has 16 heavy (non-hydrogen) atoms. The Balaban J connectivity index is 2.16. The molecule has 0 saturated carbocycles. The lowest BCUT2D eigenvalue weighted by atomic mass is 9.66. The number of carbonyl (C=O) groups excluding carboxylic acids is 1. The van der Waals surface area contributed by atoms with Crippen LogP contribution in [0.15, 0.2) is 22.9 Å². The van der Waals surface area contributed by atoms with Crippen molar-refractivity contribution < 1.29 is 4.79 Å². The Kier molecular flexibility index (Phi) is 2.26. The number of hydrogen-bond acceptors (Lipinski definition) is 3. The first kappa shape index (κ1) is 10.2. The molecule has 2 nitrogen and oxygen atoms in total. The standard InChI is InChI=1S/C13H15NOS/c1-2-13-4-3-10(15)5-12(13)14-6-9-7-16-8-11(9)13/h3-4,7-8,12,14H,2,5-6H2,1H3/t12-,13+/m0/s1. The van der Waals surface area contributed by atoms with Crippen LogP contribution in [0.2, 0.25) is 0 Å². The second-order valence-corrected chi connectivity index (χ2v) is 5.39. The van der Waals surface area contributed by atoms with Crippen molar-refractivity contribution in [3.05, 3.63) is 34.0 Å². The molecular formula is C13H15NOS. The summed E-state index contributed by atoms with van der Waals surface area (Å²) in [5.74, 6) is 0.250. The average Bonchev–Trinajstić information content (AvgIpc) is 2.77. The maximum atomic E-state index is 11.5. The third-order valence-electron chi connectivity index (χ3n) is 3.96. The second-order valence-electron chi connectivity index (χ2n) is 4.64. The Labute approximate surface area is 99.4 Å². The molecule has 0 aromatic carbocycles. The molecule has 0 fully saturated rings. The Bertz CT molecular complexity index is 462. The van der Waals surface area contributed by atoms with Gasteiger partial charge >= 0.3 is 0 Å². The summed E-state index contributed by atoms with van der Waals surface area (Å²) in [5, 5.41) is 8.00. The van der Waals surface area contributed by atoms with Crippen LogP contribution in [0.25, 0.3) is 0 Å². The largest absolute Gasteiger partial charge is 0.308 e. The summed E-state index contributed by atoms with van der Waals surface area (Å²) in [6.45, 7) is 3.12. The zero-order chi connectivity index (χ0) is 11.2. The number of nitrogens with one attached hydrogen (secondary N) is 1. The lowest BCUT2D eigenvalue weighted by Crippen LogP contribution is -2.53. The fraction of sp³-hybridized carbons (Fsp3) is 0.462. The van der Waals surface area contributed by atoms with Crippen LogP contribution in [-0.4, -0.2) is 11.8 Å². The van der Waals surface area contributed by atoms with Crippen LogP contribution in [0, 0.1) is 0 Å². The Hall–Kier alpha value is -0.930. The van der Waals surface area contributed by atoms with Crippen molar-refractivity contribution in [3.63, 3.8) is 0 Å². The van der Waals surface area contributed by atoms with Crippen molar-refractivity contribution in [2.24, 2.45) is 0 Å². The highest BCUT2D eigenvalue weighted by Crippen LogP contribution is 2.43. The van der Waals surface area contributed by atoms with E-state index in [4.69, 9.17) is 0 Å². The van der Waals surface area contributed by atoms with E-state index in [0.29, 0.717) is 6.42 Å². The van der Waals surface area contributed by atoms with Crippen LogP contribution in [0.1, 0.15) is 30.9 Å². The van der Waals surface area contributed by atoms with Gasteiger partial charge in [-0.15, -0.1) is 0 Å². The maximum absolute atomic E-state index is 11.5. The van der Waals surface area contributed by atoms with Gasteiger partial charge in [-0.05, 0) is 34.4 Å². The molecule has 2 atom stereocenters. The van der Waals surface area contributed by atoms with Gasteiger partial charge in [-0.25, -0.2) is 0 Å². The van der Waals surface area contributed by atoms with E-state index >= 15 is 0 Å². The molecule has 1 aliphatic carbocycles. The molecule has 1 N–H and O–H groups in total. The van der Waals surface area contributed by atoms with Crippen molar-refractivity contribution in [3.8, 4) is 0 Å². The quantitative estimate of drug-likeness (QED) is 0.807. The summed E-state index contributed by atoms with van der Waals surface area (Å²) in [7, 11) is 0. The predicted octanol–water partition coefficient (Wildman–Crippen LogP) is 2.40. The number of rotatable bonds is 1. The van der Waals surface area contributed by atoms with E-state index in [2.05, 4.69) is 29.1 Å². The maximum Gasteiger partial charge on any atom is 0.157 e. The Morgan fingerprint density at radius 3 is 3.25 bits per heavy atom. The minimum absolute atomic E-state index is 0.0570. The molecule has 0 unspecified atom stereocenters. The topological polar surface area (TPSA) is 29.1 Å². The fourth-order valence-electron chi connectivity index (χ4n) is 3.00. The summed E-state index contributed by atoms with van der Waals surface area (Å²) in [4.78, 5) is 11.5. The number of thiophene rings is 1. The lowest BCUT2D eigenvalue weighted by Gasteiger charge is -2.44. The first-order valence-corrected chi connectivity index (χ1v) is 6.71. The van der Waals surface area contributed by atoms with Gasteiger partial charge in [-0.2, -0.15) is 11.3 Å². The zero-order valence-electron chi connectivity index (χ0n) is 9.32. The SMILES string of the molecule is CC[C@]12C=CC(=O)C[C@@H]1NCc1cscc12. The summed E-state index contributed by atoms with van der Waals surface area (Å²) < 4.78 is 0. The van der Waals surface area contributed by atoms with Gasteiger partial charge in [0.05, 0.1) is 0 Å². The minimum atomic E-state index is 0.0570. The predicted molar refractivity (Wildman–Crippen MR) is 65.7 cm³/mol. The second kappa shape index (κ2) is 3.54. The van der Waals surface area contributed by atoms with E-state index in [9.17, 15) is 4.79 Å². The van der Waals surface area contributed by atoms with Crippen LogP contribution in [0.4, 0.5) is 0 Å². The molecule has 3 heteroatoms. The van der Waals surface area contributed by atoms with Crippen molar-refractivity contribution in [1.82, 2.24) is 5.32 Å². The smallest absolute Gasteiger partial charge is 0.157 e. The van der Waals surface area contributed by atoms with Gasteiger partial charge < -0.3 is 5.32 Å². The van der Waals surface area contributed by atoms with Gasteiger partial charge in [0.25, 0.3) is 0 Å². The van der Waals surface area contributed by atoms with E-state index in [0.717, 1.165) is 13.0 Å². The summed E-state index contributed by atoms with van der Waals surface area (Å²) >= 11 is 1.77. The van der Waals surface area contributed by atoms with Gasteiger partial charge in [0, 0.05) is 24.4 Å². The Morgan fingerprint density at radius 2 is 2.44 bits per heavy atom. The number of allylic oxidation sites excluding steroid dienone is 1. The van der Waals surface area contributed by atoms with Crippen molar-refractivity contribution in [2.75, 3.05) is 0 Å². The first-order chi connectivity index (χ1) is 7.76. The zero-order valence-corrected chi connectivity index (χ0v) is 10.1. The molecule has 1 aliphatic heterocycles. The molecule has 3 rings (SSSR count). The van der Waals surface area contributed by atoms with Crippen molar-refractivity contribution >= 4 is 17.1 Å². The molecule has 0 saturated heterocycles. The van der Waals surface area contributed by atoms with Crippen molar-refractivity contribution in [2.45, 2.75) is 37.8 Å². The van der Waals surface area contributed by atoms with Crippen LogP contribution in [0.3, 0.4) is 0 Å². The van der Waals surface area contributed by atoms with E-state index in [1.54, 1.807) is 17.4 Å². The van der Waals surface area contributed by atoms with Gasteiger partial charge in [0.1, 0.15) is 0 Å². The minimum Gasteiger partial charge on any atom is -0.308 e. The Morgan fingerprint density at radius 1 is 1.56 bits per heavy atom. The van der Waals surface area contributed by atoms with E-state index < -0.39 is 0 Å². The molecule has 0 radical (unpaired) electrons. The van der Waals surface area contributed by atoms with Crippen LogP contribution in [-0.2, 0) is 16.8 Å². The molecule has 2 heterocycles. The van der Waals surface area contributed by atoms with E-state index in [1.807, 2.05) is 0 Å². The number of carbonyl (C=O) groups is 1. The normalized spacial score (nSPS) is 32.3. The fourth-order valence-corrected chi connectivity index (χ4v) is 3.95.